The minimum atomic E-state index is -4.57. The van der Waals surface area contributed by atoms with Crippen molar-refractivity contribution in [3.05, 3.63) is 83.4 Å². The first-order chi connectivity index (χ1) is 21.0. The van der Waals surface area contributed by atoms with Crippen LogP contribution in [0.4, 0.5) is 18.9 Å². The Labute approximate surface area is 251 Å². The van der Waals surface area contributed by atoms with Crippen LogP contribution in [-0.2, 0) is 19.8 Å². The fraction of sp³-hybridized carbons (Fsp3) is 0.290. The highest BCUT2D eigenvalue weighted by Gasteiger charge is 2.34. The van der Waals surface area contributed by atoms with Crippen LogP contribution in [0.15, 0.2) is 65.6 Å². The molecule has 4 heterocycles. The predicted octanol–water partition coefficient (Wildman–Crippen LogP) is 5.74. The zero-order valence-electron chi connectivity index (χ0n) is 24.4. The van der Waals surface area contributed by atoms with E-state index in [1.165, 1.54) is 30.7 Å². The van der Waals surface area contributed by atoms with Crippen LogP contribution in [0.1, 0.15) is 27.0 Å². The number of aromatic nitrogens is 4. The summed E-state index contributed by atoms with van der Waals surface area (Å²) in [6.07, 6.45) is 0.158. The summed E-state index contributed by atoms with van der Waals surface area (Å²) in [6.45, 7) is 4.90. The summed E-state index contributed by atoms with van der Waals surface area (Å²) in [6, 6.07) is 10.6. The van der Waals surface area contributed by atoms with Crippen molar-refractivity contribution in [3.63, 3.8) is 0 Å². The Bertz CT molecular complexity index is 1810. The van der Waals surface area contributed by atoms with E-state index in [2.05, 4.69) is 25.3 Å². The number of carbonyl (C=O) groups is 1. The maximum atomic E-state index is 14.1. The molecule has 5 aromatic rings. The lowest BCUT2D eigenvalue weighted by molar-refractivity contribution is -0.138. The van der Waals surface area contributed by atoms with Crippen molar-refractivity contribution in [1.29, 1.82) is 0 Å². The number of fused-ring (bicyclic) bond motifs is 1. The fourth-order valence-corrected chi connectivity index (χ4v) is 5.11. The molecule has 44 heavy (non-hydrogen) atoms. The molecule has 1 fully saturated rings. The monoisotopic (exact) mass is 605 g/mol. The van der Waals surface area contributed by atoms with Gasteiger partial charge in [0.1, 0.15) is 17.4 Å². The average Bonchev–Trinajstić information content (AvgIpc) is 3.65. The molecule has 2 aromatic carbocycles. The zero-order valence-corrected chi connectivity index (χ0v) is 24.4. The molecule has 13 heteroatoms. The topological polar surface area (TPSA) is 102 Å². The van der Waals surface area contributed by atoms with E-state index in [1.54, 1.807) is 43.0 Å². The number of halogens is 3. The quantitative estimate of drug-likeness (QED) is 0.251. The second-order valence-corrected chi connectivity index (χ2v) is 10.9. The van der Waals surface area contributed by atoms with Crippen molar-refractivity contribution in [2.24, 2.45) is 7.05 Å². The van der Waals surface area contributed by atoms with Gasteiger partial charge in [-0.25, -0.2) is 4.98 Å². The van der Waals surface area contributed by atoms with E-state index in [4.69, 9.17) is 9.15 Å². The molecular formula is C31H30F3N7O3. The van der Waals surface area contributed by atoms with Crippen LogP contribution < -0.4 is 10.1 Å². The standard InChI is InChI=1S/C31H30F3N7O3/c1-19-4-7-23(44-30-25-17-40(3)38-28(25)36-27(37-30)21-8-13-43-18-21)15-24(19)29(42)35-22-6-5-20(26(14-22)31(32,33)34)16-41-11-9-39(2)10-12-41/h4-8,13-15,17-18H,9-12,16H2,1-3H3,(H,35,42). The van der Waals surface area contributed by atoms with Crippen LogP contribution in [0.25, 0.3) is 22.4 Å². The number of amides is 1. The van der Waals surface area contributed by atoms with Gasteiger partial charge in [0.25, 0.3) is 5.91 Å². The van der Waals surface area contributed by atoms with Crippen LogP contribution in [0.5, 0.6) is 11.6 Å². The molecule has 228 valence electrons. The van der Waals surface area contributed by atoms with Gasteiger partial charge in [-0.05, 0) is 55.4 Å². The van der Waals surface area contributed by atoms with Crippen LogP contribution in [0.2, 0.25) is 0 Å². The van der Waals surface area contributed by atoms with Gasteiger partial charge in [0.2, 0.25) is 5.88 Å². The largest absolute Gasteiger partial charge is 0.472 e. The molecule has 10 nitrogen and oxygen atoms in total. The molecule has 1 saturated heterocycles. The maximum absolute atomic E-state index is 14.1. The molecule has 0 radical (unpaired) electrons. The van der Waals surface area contributed by atoms with Gasteiger partial charge in [-0.15, -0.1) is 0 Å². The number of nitrogens with one attached hydrogen (secondary N) is 1. The summed E-state index contributed by atoms with van der Waals surface area (Å²) in [5, 5.41) is 7.56. The SMILES string of the molecule is Cc1ccc(Oc2nc(-c3ccoc3)nc3nn(C)cc23)cc1C(=O)Nc1ccc(CN2CCN(C)CC2)c(C(F)(F)F)c1. The van der Waals surface area contributed by atoms with Crippen molar-refractivity contribution < 1.29 is 27.1 Å². The number of alkyl halides is 3. The third-order valence-electron chi connectivity index (χ3n) is 7.57. The Morgan fingerprint density at radius 2 is 1.84 bits per heavy atom. The Kier molecular flexibility index (Phi) is 7.82. The number of piperazine rings is 1. The van der Waals surface area contributed by atoms with E-state index in [-0.39, 0.29) is 29.2 Å². The van der Waals surface area contributed by atoms with E-state index in [9.17, 15) is 18.0 Å². The average molecular weight is 606 g/mol. The second-order valence-electron chi connectivity index (χ2n) is 10.9. The van der Waals surface area contributed by atoms with Crippen molar-refractivity contribution >= 4 is 22.6 Å². The summed E-state index contributed by atoms with van der Waals surface area (Å²) in [5.74, 6) is 0.310. The van der Waals surface area contributed by atoms with Gasteiger partial charge in [-0.3, -0.25) is 14.4 Å². The first kappa shape index (κ1) is 29.3. The summed E-state index contributed by atoms with van der Waals surface area (Å²) in [7, 11) is 3.74. The molecule has 1 N–H and O–H groups in total. The van der Waals surface area contributed by atoms with E-state index >= 15 is 0 Å². The summed E-state index contributed by atoms with van der Waals surface area (Å²) in [4.78, 5) is 26.5. The third kappa shape index (κ3) is 6.29. The molecule has 3 aromatic heterocycles. The van der Waals surface area contributed by atoms with Crippen LogP contribution >= 0.6 is 0 Å². The smallest absolute Gasteiger partial charge is 0.416 e. The number of ether oxygens (including phenoxy) is 1. The molecule has 1 amide bonds. The molecule has 0 unspecified atom stereocenters. The Hall–Kier alpha value is -4.75. The van der Waals surface area contributed by atoms with Crippen molar-refractivity contribution in [2.45, 2.75) is 19.6 Å². The Morgan fingerprint density at radius 3 is 2.57 bits per heavy atom. The molecule has 0 aliphatic carbocycles. The minimum absolute atomic E-state index is 0.0489. The van der Waals surface area contributed by atoms with Gasteiger partial charge >= 0.3 is 6.18 Å². The van der Waals surface area contributed by atoms with Crippen LogP contribution in [-0.4, -0.2) is 68.7 Å². The first-order valence-electron chi connectivity index (χ1n) is 14.0. The number of hydrogen-bond donors (Lipinski definition) is 1. The van der Waals surface area contributed by atoms with Crippen molar-refractivity contribution in [3.8, 4) is 23.0 Å². The van der Waals surface area contributed by atoms with Gasteiger partial charge in [0.05, 0.1) is 17.4 Å². The van der Waals surface area contributed by atoms with Gasteiger partial charge in [-0.2, -0.15) is 23.3 Å². The number of nitrogens with zero attached hydrogens (tertiary/aromatic N) is 6. The number of anilines is 1. The second kappa shape index (κ2) is 11.7. The highest BCUT2D eigenvalue weighted by molar-refractivity contribution is 6.05. The molecule has 0 atom stereocenters. The predicted molar refractivity (Wildman–Crippen MR) is 157 cm³/mol. The number of benzene rings is 2. The Balaban J connectivity index is 1.25. The van der Waals surface area contributed by atoms with Gasteiger partial charge in [0, 0.05) is 57.2 Å². The molecule has 0 saturated carbocycles. The van der Waals surface area contributed by atoms with Gasteiger partial charge in [-0.1, -0.05) is 12.1 Å². The van der Waals surface area contributed by atoms with Crippen LogP contribution in [0, 0.1) is 6.92 Å². The first-order valence-corrected chi connectivity index (χ1v) is 14.0. The maximum Gasteiger partial charge on any atom is 0.416 e. The molecular weight excluding hydrogens is 575 g/mol. The van der Waals surface area contributed by atoms with Gasteiger partial charge in [0.15, 0.2) is 11.5 Å². The highest BCUT2D eigenvalue weighted by atomic mass is 19.4. The van der Waals surface area contributed by atoms with E-state index in [0.717, 1.165) is 19.2 Å². The van der Waals surface area contributed by atoms with E-state index in [0.29, 0.717) is 46.8 Å². The lowest BCUT2D eigenvalue weighted by Gasteiger charge is -2.33. The number of aryl methyl sites for hydroxylation is 2. The van der Waals surface area contributed by atoms with Crippen molar-refractivity contribution in [2.75, 3.05) is 38.5 Å². The number of hydrogen-bond acceptors (Lipinski definition) is 8. The zero-order chi connectivity index (χ0) is 31.0. The number of furan rings is 1. The van der Waals surface area contributed by atoms with E-state index in [1.807, 2.05) is 11.9 Å². The number of likely N-dealkylation sites (N-methyl/N-ethyl adjacent to an activating group) is 1. The van der Waals surface area contributed by atoms with Gasteiger partial charge < -0.3 is 19.4 Å². The lowest BCUT2D eigenvalue weighted by atomic mass is 10.0. The number of carbonyl (C=O) groups excluding carboxylic acids is 1. The normalized spacial score (nSPS) is 14.7. The molecule has 0 spiro atoms. The van der Waals surface area contributed by atoms with E-state index < -0.39 is 17.6 Å². The Morgan fingerprint density at radius 1 is 1.05 bits per heavy atom. The molecule has 1 aliphatic heterocycles. The third-order valence-corrected chi connectivity index (χ3v) is 7.57. The number of rotatable bonds is 7. The molecule has 1 aliphatic rings. The summed E-state index contributed by atoms with van der Waals surface area (Å²) < 4.78 is 55.1. The summed E-state index contributed by atoms with van der Waals surface area (Å²) >= 11 is 0. The summed E-state index contributed by atoms with van der Waals surface area (Å²) in [5.41, 5.74) is 1.37. The minimum Gasteiger partial charge on any atom is -0.472 e. The highest BCUT2D eigenvalue weighted by Crippen LogP contribution is 2.35. The van der Waals surface area contributed by atoms with Crippen molar-refractivity contribution in [1.82, 2.24) is 29.5 Å². The molecule has 0 bridgehead atoms. The van der Waals surface area contributed by atoms with Crippen LogP contribution in [0.3, 0.4) is 0 Å². The lowest BCUT2D eigenvalue weighted by Crippen LogP contribution is -2.44. The molecule has 6 rings (SSSR count). The fourth-order valence-electron chi connectivity index (χ4n) is 5.11.